The summed E-state index contributed by atoms with van der Waals surface area (Å²) >= 11 is 3.50. The lowest BCUT2D eigenvalue weighted by Crippen LogP contribution is -2.08. The molecule has 1 heterocycles. The third-order valence-electron chi connectivity index (χ3n) is 3.19. The third kappa shape index (κ3) is 3.63. The van der Waals surface area contributed by atoms with Gasteiger partial charge in [-0.2, -0.15) is 5.10 Å². The molecule has 0 fully saturated rings. The molecule has 1 aromatic carbocycles. The maximum atomic E-state index is 14.0. The van der Waals surface area contributed by atoms with E-state index in [-0.39, 0.29) is 18.2 Å². The molecular formula is C15H19BrFN3O. The Balaban J connectivity index is 2.13. The summed E-state index contributed by atoms with van der Waals surface area (Å²) in [5, 5.41) is 7.38. The molecule has 21 heavy (non-hydrogen) atoms. The molecule has 0 aliphatic heterocycles. The highest BCUT2D eigenvalue weighted by Crippen LogP contribution is 2.24. The second-order valence-electron chi connectivity index (χ2n) is 4.75. The van der Waals surface area contributed by atoms with E-state index in [0.29, 0.717) is 6.54 Å². The average molecular weight is 356 g/mol. The van der Waals surface area contributed by atoms with Crippen molar-refractivity contribution in [3.05, 3.63) is 45.4 Å². The number of benzene rings is 1. The molecule has 0 spiro atoms. The quantitative estimate of drug-likeness (QED) is 0.862. The molecule has 0 bridgehead atoms. The van der Waals surface area contributed by atoms with Crippen molar-refractivity contribution in [3.8, 4) is 5.75 Å². The van der Waals surface area contributed by atoms with Gasteiger partial charge in [0.1, 0.15) is 6.61 Å². The van der Waals surface area contributed by atoms with Crippen LogP contribution in [0.5, 0.6) is 5.75 Å². The number of halogens is 2. The first kappa shape index (κ1) is 16.0. The molecule has 1 N–H and O–H groups in total. The Labute approximate surface area is 132 Å². The first-order valence-electron chi connectivity index (χ1n) is 6.84. The molecular weight excluding hydrogens is 337 g/mol. The minimum atomic E-state index is -0.349. The van der Waals surface area contributed by atoms with Crippen LogP contribution in [0.15, 0.2) is 22.7 Å². The fourth-order valence-electron chi connectivity index (χ4n) is 2.13. The minimum absolute atomic E-state index is 0.253. The maximum absolute atomic E-state index is 14.0. The number of rotatable bonds is 6. The number of nitrogens with zero attached hydrogens (tertiary/aromatic N) is 2. The average Bonchev–Trinajstić information content (AvgIpc) is 2.74. The maximum Gasteiger partial charge on any atom is 0.165 e. The van der Waals surface area contributed by atoms with E-state index in [1.165, 1.54) is 6.07 Å². The fourth-order valence-corrected chi connectivity index (χ4v) is 2.53. The number of hydrogen-bond donors (Lipinski definition) is 1. The van der Waals surface area contributed by atoms with Crippen LogP contribution in [-0.4, -0.2) is 16.8 Å². The van der Waals surface area contributed by atoms with Crippen molar-refractivity contribution < 1.29 is 9.13 Å². The molecule has 2 rings (SSSR count). The first-order valence-corrected chi connectivity index (χ1v) is 7.63. The zero-order chi connectivity index (χ0) is 15.4. The van der Waals surface area contributed by atoms with Gasteiger partial charge in [0.2, 0.25) is 0 Å². The van der Waals surface area contributed by atoms with Crippen molar-refractivity contribution in [2.45, 2.75) is 33.5 Å². The van der Waals surface area contributed by atoms with Crippen molar-refractivity contribution in [3.63, 3.8) is 0 Å². The second-order valence-corrected chi connectivity index (χ2v) is 5.54. The zero-order valence-electron chi connectivity index (χ0n) is 12.4. The molecule has 0 saturated heterocycles. The van der Waals surface area contributed by atoms with Crippen LogP contribution in [0, 0.1) is 12.7 Å². The lowest BCUT2D eigenvalue weighted by atomic mass is 10.2. The molecule has 0 atom stereocenters. The molecule has 0 unspecified atom stereocenters. The van der Waals surface area contributed by atoms with Crippen molar-refractivity contribution in [2.75, 3.05) is 7.05 Å². The standard InChI is InChI=1S/C15H19BrFN3O/c1-4-20-13(15(16)10(2)19-20)9-21-14-6-5-11(8-18-3)7-12(14)17/h5-7,18H,4,8-9H2,1-3H3. The van der Waals surface area contributed by atoms with E-state index in [0.717, 1.165) is 28.0 Å². The fraction of sp³-hybridized carbons (Fsp3) is 0.400. The normalized spacial score (nSPS) is 10.9. The van der Waals surface area contributed by atoms with Crippen molar-refractivity contribution in [2.24, 2.45) is 0 Å². The highest BCUT2D eigenvalue weighted by atomic mass is 79.9. The highest BCUT2D eigenvalue weighted by molar-refractivity contribution is 9.10. The Kier molecular flexibility index (Phi) is 5.36. The summed E-state index contributed by atoms with van der Waals surface area (Å²) in [6.45, 7) is 5.58. The van der Waals surface area contributed by atoms with Crippen LogP contribution in [0.25, 0.3) is 0 Å². The van der Waals surface area contributed by atoms with Gasteiger partial charge < -0.3 is 10.1 Å². The molecule has 114 valence electrons. The third-order valence-corrected chi connectivity index (χ3v) is 4.23. The van der Waals surface area contributed by atoms with Gasteiger partial charge in [0.05, 0.1) is 15.9 Å². The lowest BCUT2D eigenvalue weighted by Gasteiger charge is -2.10. The Morgan fingerprint density at radius 3 is 2.81 bits per heavy atom. The van der Waals surface area contributed by atoms with Gasteiger partial charge in [-0.1, -0.05) is 6.07 Å². The first-order chi connectivity index (χ1) is 10.1. The van der Waals surface area contributed by atoms with Gasteiger partial charge in [-0.15, -0.1) is 0 Å². The largest absolute Gasteiger partial charge is 0.484 e. The summed E-state index contributed by atoms with van der Waals surface area (Å²) < 4.78 is 22.4. The predicted octanol–water partition coefficient (Wildman–Crippen LogP) is 3.41. The second kappa shape index (κ2) is 7.04. The van der Waals surface area contributed by atoms with Crippen molar-refractivity contribution >= 4 is 15.9 Å². The van der Waals surface area contributed by atoms with E-state index in [9.17, 15) is 4.39 Å². The summed E-state index contributed by atoms with van der Waals surface area (Å²) in [5.41, 5.74) is 2.70. The molecule has 1 aromatic heterocycles. The molecule has 0 radical (unpaired) electrons. The SMILES string of the molecule is CCn1nc(C)c(Br)c1COc1ccc(CNC)cc1F. The van der Waals surface area contributed by atoms with Crippen molar-refractivity contribution in [1.82, 2.24) is 15.1 Å². The van der Waals surface area contributed by atoms with E-state index >= 15 is 0 Å². The van der Waals surface area contributed by atoms with Gasteiger partial charge in [0.25, 0.3) is 0 Å². The van der Waals surface area contributed by atoms with E-state index < -0.39 is 0 Å². The minimum Gasteiger partial charge on any atom is -0.484 e. The monoisotopic (exact) mass is 355 g/mol. The van der Waals surface area contributed by atoms with E-state index in [1.54, 1.807) is 6.07 Å². The zero-order valence-corrected chi connectivity index (χ0v) is 14.0. The topological polar surface area (TPSA) is 39.1 Å². The van der Waals surface area contributed by atoms with E-state index in [1.807, 2.05) is 31.6 Å². The Bertz CT molecular complexity index is 628. The van der Waals surface area contributed by atoms with Gasteiger partial charge in [-0.3, -0.25) is 4.68 Å². The molecule has 0 aliphatic carbocycles. The molecule has 6 heteroatoms. The number of aryl methyl sites for hydroxylation is 2. The number of ether oxygens (including phenoxy) is 1. The van der Waals surface area contributed by atoms with Crippen LogP contribution in [0.1, 0.15) is 23.9 Å². The van der Waals surface area contributed by atoms with Gasteiger partial charge in [0.15, 0.2) is 11.6 Å². The molecule has 0 saturated carbocycles. The smallest absolute Gasteiger partial charge is 0.165 e. The van der Waals surface area contributed by atoms with Crippen LogP contribution in [0.3, 0.4) is 0 Å². The number of aromatic nitrogens is 2. The van der Waals surface area contributed by atoms with Crippen LogP contribution in [0.2, 0.25) is 0 Å². The van der Waals surface area contributed by atoms with Crippen LogP contribution in [0.4, 0.5) is 4.39 Å². The Morgan fingerprint density at radius 2 is 2.19 bits per heavy atom. The summed E-state index contributed by atoms with van der Waals surface area (Å²) in [5.74, 6) is -0.0959. The predicted molar refractivity (Wildman–Crippen MR) is 83.8 cm³/mol. The molecule has 4 nitrogen and oxygen atoms in total. The highest BCUT2D eigenvalue weighted by Gasteiger charge is 2.13. The summed E-state index contributed by atoms with van der Waals surface area (Å²) in [4.78, 5) is 0. The molecule has 2 aromatic rings. The lowest BCUT2D eigenvalue weighted by molar-refractivity contribution is 0.277. The Hall–Kier alpha value is -1.40. The summed E-state index contributed by atoms with van der Waals surface area (Å²) in [6.07, 6.45) is 0. The number of hydrogen-bond acceptors (Lipinski definition) is 3. The summed E-state index contributed by atoms with van der Waals surface area (Å²) in [7, 11) is 1.83. The van der Waals surface area contributed by atoms with Crippen LogP contribution < -0.4 is 10.1 Å². The molecule has 0 aliphatic rings. The number of nitrogens with one attached hydrogen (secondary N) is 1. The van der Waals surface area contributed by atoms with E-state index in [2.05, 4.69) is 26.3 Å². The van der Waals surface area contributed by atoms with E-state index in [4.69, 9.17) is 4.74 Å². The van der Waals surface area contributed by atoms with Gasteiger partial charge in [0, 0.05) is 13.1 Å². The van der Waals surface area contributed by atoms with Gasteiger partial charge in [-0.25, -0.2) is 4.39 Å². The van der Waals surface area contributed by atoms with Crippen LogP contribution in [-0.2, 0) is 19.7 Å². The van der Waals surface area contributed by atoms with Gasteiger partial charge >= 0.3 is 0 Å². The van der Waals surface area contributed by atoms with Crippen molar-refractivity contribution in [1.29, 1.82) is 0 Å². The Morgan fingerprint density at radius 1 is 1.43 bits per heavy atom. The summed E-state index contributed by atoms with van der Waals surface area (Å²) in [6, 6.07) is 5.00. The van der Waals surface area contributed by atoms with Gasteiger partial charge in [-0.05, 0) is 54.5 Å². The molecule has 0 amide bonds. The van der Waals surface area contributed by atoms with Crippen LogP contribution >= 0.6 is 15.9 Å².